The summed E-state index contributed by atoms with van der Waals surface area (Å²) in [7, 11) is 0. The molecular formula is C16H32N2S. The molecule has 0 bridgehead atoms. The predicted molar refractivity (Wildman–Crippen MR) is 86.9 cm³/mol. The van der Waals surface area contributed by atoms with E-state index in [-0.39, 0.29) is 0 Å². The summed E-state index contributed by atoms with van der Waals surface area (Å²) in [6.45, 7) is 10.9. The Morgan fingerprint density at radius 1 is 1.32 bits per heavy atom. The fourth-order valence-electron chi connectivity index (χ4n) is 3.27. The van der Waals surface area contributed by atoms with Crippen LogP contribution in [0.2, 0.25) is 0 Å². The summed E-state index contributed by atoms with van der Waals surface area (Å²) >= 11 is 2.09. The first-order chi connectivity index (χ1) is 9.26. The molecule has 1 aliphatic carbocycles. The van der Waals surface area contributed by atoms with Gasteiger partial charge in [-0.15, -0.1) is 0 Å². The minimum absolute atomic E-state index is 0.770. The molecular weight excluding hydrogens is 252 g/mol. The third-order valence-electron chi connectivity index (χ3n) is 4.92. The van der Waals surface area contributed by atoms with Crippen LogP contribution in [0.25, 0.3) is 0 Å². The molecule has 19 heavy (non-hydrogen) atoms. The van der Waals surface area contributed by atoms with E-state index in [1.165, 1.54) is 56.8 Å². The minimum atomic E-state index is 0.770. The van der Waals surface area contributed by atoms with Gasteiger partial charge < -0.3 is 5.32 Å². The Morgan fingerprint density at radius 3 is 2.74 bits per heavy atom. The van der Waals surface area contributed by atoms with E-state index in [1.807, 2.05) is 0 Å². The lowest BCUT2D eigenvalue weighted by atomic mass is 9.93. The lowest BCUT2D eigenvalue weighted by Crippen LogP contribution is -2.59. The van der Waals surface area contributed by atoms with Crippen LogP contribution in [0.3, 0.4) is 0 Å². The fourth-order valence-corrected chi connectivity index (χ4v) is 3.89. The molecule has 2 nitrogen and oxygen atoms in total. The van der Waals surface area contributed by atoms with Crippen molar-refractivity contribution in [2.75, 3.05) is 31.1 Å². The van der Waals surface area contributed by atoms with Gasteiger partial charge in [0.05, 0.1) is 0 Å². The minimum Gasteiger partial charge on any atom is -0.311 e. The first kappa shape index (κ1) is 15.7. The van der Waals surface area contributed by atoms with Crippen molar-refractivity contribution in [1.82, 2.24) is 10.2 Å². The van der Waals surface area contributed by atoms with Gasteiger partial charge in [0.25, 0.3) is 0 Å². The van der Waals surface area contributed by atoms with Crippen LogP contribution in [-0.4, -0.2) is 48.1 Å². The van der Waals surface area contributed by atoms with Crippen LogP contribution < -0.4 is 5.32 Å². The van der Waals surface area contributed by atoms with Crippen molar-refractivity contribution in [2.45, 2.75) is 58.5 Å². The first-order valence-corrected chi connectivity index (χ1v) is 9.46. The van der Waals surface area contributed by atoms with Crippen molar-refractivity contribution in [1.29, 1.82) is 0 Å². The second-order valence-electron chi connectivity index (χ2n) is 6.35. The number of nitrogens with one attached hydrogen (secondary N) is 1. The monoisotopic (exact) mass is 284 g/mol. The van der Waals surface area contributed by atoms with Crippen molar-refractivity contribution in [2.24, 2.45) is 11.8 Å². The Bertz CT molecular complexity index is 255. The van der Waals surface area contributed by atoms with Crippen LogP contribution in [0.1, 0.15) is 46.5 Å². The largest absolute Gasteiger partial charge is 0.311 e. The van der Waals surface area contributed by atoms with Gasteiger partial charge in [-0.25, -0.2) is 0 Å². The summed E-state index contributed by atoms with van der Waals surface area (Å²) in [5.41, 5.74) is 0. The molecule has 1 heterocycles. The number of rotatable bonds is 8. The highest BCUT2D eigenvalue weighted by molar-refractivity contribution is 7.99. The van der Waals surface area contributed by atoms with Crippen molar-refractivity contribution in [3.63, 3.8) is 0 Å². The topological polar surface area (TPSA) is 15.3 Å². The van der Waals surface area contributed by atoms with Gasteiger partial charge in [-0.2, -0.15) is 11.8 Å². The Labute approximate surface area is 124 Å². The number of nitrogens with zero attached hydrogens (tertiary/aromatic N) is 1. The summed E-state index contributed by atoms with van der Waals surface area (Å²) in [5.74, 6) is 4.42. The smallest absolute Gasteiger partial charge is 0.0246 e. The van der Waals surface area contributed by atoms with Crippen LogP contribution in [-0.2, 0) is 0 Å². The van der Waals surface area contributed by atoms with Crippen LogP contribution in [0.15, 0.2) is 0 Å². The highest BCUT2D eigenvalue weighted by Crippen LogP contribution is 2.35. The van der Waals surface area contributed by atoms with E-state index < -0.39 is 0 Å². The normalized spacial score (nSPS) is 30.5. The molecule has 1 saturated carbocycles. The maximum atomic E-state index is 3.83. The molecule has 0 spiro atoms. The Balaban J connectivity index is 1.82. The molecule has 0 radical (unpaired) electrons. The molecule has 0 aromatic heterocycles. The highest BCUT2D eigenvalue weighted by Gasteiger charge is 2.37. The average Bonchev–Trinajstić information content (AvgIpc) is 3.27. The Hall–Kier alpha value is 0.270. The van der Waals surface area contributed by atoms with Crippen molar-refractivity contribution in [3.8, 4) is 0 Å². The van der Waals surface area contributed by atoms with E-state index in [0.717, 1.165) is 23.9 Å². The van der Waals surface area contributed by atoms with E-state index in [9.17, 15) is 0 Å². The highest BCUT2D eigenvalue weighted by atomic mass is 32.2. The van der Waals surface area contributed by atoms with E-state index in [1.54, 1.807) is 0 Å². The molecule has 1 saturated heterocycles. The van der Waals surface area contributed by atoms with E-state index in [4.69, 9.17) is 0 Å². The summed E-state index contributed by atoms with van der Waals surface area (Å²) in [6.07, 6.45) is 5.60. The molecule has 3 unspecified atom stereocenters. The van der Waals surface area contributed by atoms with Gasteiger partial charge in [-0.1, -0.05) is 27.2 Å². The van der Waals surface area contributed by atoms with Crippen molar-refractivity contribution < 1.29 is 0 Å². The Morgan fingerprint density at radius 2 is 2.11 bits per heavy atom. The Kier molecular flexibility index (Phi) is 6.51. The van der Waals surface area contributed by atoms with Crippen LogP contribution >= 0.6 is 11.8 Å². The molecule has 2 fully saturated rings. The summed E-state index contributed by atoms with van der Waals surface area (Å²) in [5, 5.41) is 3.83. The van der Waals surface area contributed by atoms with Gasteiger partial charge in [0.2, 0.25) is 0 Å². The zero-order valence-corrected chi connectivity index (χ0v) is 13.8. The number of thioether (sulfide) groups is 1. The number of hydrogen-bond acceptors (Lipinski definition) is 3. The van der Waals surface area contributed by atoms with Gasteiger partial charge in [-0.3, -0.25) is 4.90 Å². The zero-order chi connectivity index (χ0) is 13.7. The van der Waals surface area contributed by atoms with Gasteiger partial charge in [0, 0.05) is 25.2 Å². The quantitative estimate of drug-likeness (QED) is 0.689. The molecule has 0 amide bonds. The van der Waals surface area contributed by atoms with Gasteiger partial charge in [-0.05, 0) is 49.1 Å². The summed E-state index contributed by atoms with van der Waals surface area (Å²) < 4.78 is 0. The van der Waals surface area contributed by atoms with Gasteiger partial charge in [0.15, 0.2) is 0 Å². The average molecular weight is 285 g/mol. The molecule has 112 valence electrons. The second-order valence-corrected chi connectivity index (χ2v) is 7.74. The molecule has 2 aliphatic rings. The summed E-state index contributed by atoms with van der Waals surface area (Å²) in [6, 6.07) is 1.56. The van der Waals surface area contributed by atoms with Gasteiger partial charge >= 0.3 is 0 Å². The lowest BCUT2D eigenvalue weighted by Gasteiger charge is -2.43. The number of piperazine rings is 1. The third-order valence-corrected chi connectivity index (χ3v) is 5.90. The van der Waals surface area contributed by atoms with Crippen LogP contribution in [0.5, 0.6) is 0 Å². The predicted octanol–water partition coefficient (Wildman–Crippen LogP) is 3.23. The molecule has 2 rings (SSSR count). The molecule has 1 aliphatic heterocycles. The van der Waals surface area contributed by atoms with Gasteiger partial charge in [0.1, 0.15) is 0 Å². The molecule has 1 N–H and O–H groups in total. The fraction of sp³-hybridized carbons (Fsp3) is 1.00. The van der Waals surface area contributed by atoms with E-state index >= 15 is 0 Å². The molecule has 0 aromatic carbocycles. The summed E-state index contributed by atoms with van der Waals surface area (Å²) in [4.78, 5) is 2.81. The maximum absolute atomic E-state index is 3.83. The van der Waals surface area contributed by atoms with Crippen LogP contribution in [0, 0.1) is 11.8 Å². The lowest BCUT2D eigenvalue weighted by molar-refractivity contribution is 0.0861. The number of hydrogen-bond donors (Lipinski definition) is 1. The SMILES string of the molecule is CCSCCCN1CC(C2CC2)NCC1C(C)CC. The van der Waals surface area contributed by atoms with E-state index in [0.29, 0.717) is 0 Å². The van der Waals surface area contributed by atoms with E-state index in [2.05, 4.69) is 42.7 Å². The van der Waals surface area contributed by atoms with Crippen molar-refractivity contribution >= 4 is 11.8 Å². The second kappa shape index (κ2) is 7.90. The first-order valence-electron chi connectivity index (χ1n) is 8.31. The molecule has 3 atom stereocenters. The molecule has 0 aromatic rings. The van der Waals surface area contributed by atoms with Crippen molar-refractivity contribution in [3.05, 3.63) is 0 Å². The maximum Gasteiger partial charge on any atom is 0.0246 e. The molecule has 3 heteroatoms. The third kappa shape index (κ3) is 4.64. The van der Waals surface area contributed by atoms with Crippen LogP contribution in [0.4, 0.5) is 0 Å². The standard InChI is InChI=1S/C16H32N2S/c1-4-13(3)16-11-17-15(14-7-8-14)12-18(16)9-6-10-19-5-2/h13-17H,4-12H2,1-3H3. The zero-order valence-electron chi connectivity index (χ0n) is 13.0.